The Labute approximate surface area is 128 Å². The number of rotatable bonds is 9. The highest BCUT2D eigenvalue weighted by atomic mass is 15.3. The van der Waals surface area contributed by atoms with Gasteiger partial charge >= 0.3 is 0 Å². The van der Waals surface area contributed by atoms with Gasteiger partial charge in [-0.2, -0.15) is 15.0 Å². The molecule has 0 aliphatic rings. The van der Waals surface area contributed by atoms with Gasteiger partial charge in [0.05, 0.1) is 0 Å². The van der Waals surface area contributed by atoms with Crippen LogP contribution in [0.25, 0.3) is 0 Å². The van der Waals surface area contributed by atoms with E-state index in [2.05, 4.69) is 72.4 Å². The number of nitrogens with one attached hydrogen (secondary N) is 3. The second-order valence-electron chi connectivity index (χ2n) is 6.63. The van der Waals surface area contributed by atoms with Gasteiger partial charge in [-0.3, -0.25) is 0 Å². The summed E-state index contributed by atoms with van der Waals surface area (Å²) in [5.41, 5.74) is 0. The molecule has 0 unspecified atom stereocenters. The quantitative estimate of drug-likeness (QED) is 0.650. The van der Waals surface area contributed by atoms with Crippen LogP contribution in [0, 0.1) is 17.8 Å². The second kappa shape index (κ2) is 8.64. The van der Waals surface area contributed by atoms with E-state index in [1.54, 1.807) is 0 Å². The fourth-order valence-corrected chi connectivity index (χ4v) is 1.50. The summed E-state index contributed by atoms with van der Waals surface area (Å²) in [5, 5.41) is 9.77. The van der Waals surface area contributed by atoms with E-state index in [-0.39, 0.29) is 0 Å². The van der Waals surface area contributed by atoms with Gasteiger partial charge in [0.25, 0.3) is 0 Å². The summed E-state index contributed by atoms with van der Waals surface area (Å²) in [4.78, 5) is 13.3. The highest BCUT2D eigenvalue weighted by molar-refractivity contribution is 5.42. The van der Waals surface area contributed by atoms with Crippen molar-refractivity contribution in [2.75, 3.05) is 35.6 Å². The van der Waals surface area contributed by atoms with Crippen LogP contribution in [-0.2, 0) is 0 Å². The maximum absolute atomic E-state index is 4.42. The molecule has 0 saturated heterocycles. The molecule has 6 heteroatoms. The number of aromatic nitrogens is 3. The topological polar surface area (TPSA) is 74.8 Å². The minimum Gasteiger partial charge on any atom is -0.354 e. The molecule has 0 bridgehead atoms. The average molecular weight is 294 g/mol. The van der Waals surface area contributed by atoms with Crippen LogP contribution in [0.2, 0.25) is 0 Å². The van der Waals surface area contributed by atoms with Gasteiger partial charge < -0.3 is 16.0 Å². The molecule has 0 atom stereocenters. The first-order valence-electron chi connectivity index (χ1n) is 7.84. The molecule has 0 radical (unpaired) electrons. The third-order valence-electron chi connectivity index (χ3n) is 2.64. The third-order valence-corrected chi connectivity index (χ3v) is 2.64. The summed E-state index contributed by atoms with van der Waals surface area (Å²) < 4.78 is 0. The normalized spacial score (nSPS) is 11.3. The molecule has 6 nitrogen and oxygen atoms in total. The largest absolute Gasteiger partial charge is 0.354 e. The summed E-state index contributed by atoms with van der Waals surface area (Å²) in [6.07, 6.45) is 0. The summed E-state index contributed by atoms with van der Waals surface area (Å²) in [5.74, 6) is 3.49. The molecular formula is C15H30N6. The van der Waals surface area contributed by atoms with Crippen LogP contribution >= 0.6 is 0 Å². The maximum atomic E-state index is 4.42. The molecule has 1 aromatic heterocycles. The zero-order chi connectivity index (χ0) is 15.8. The van der Waals surface area contributed by atoms with Crippen molar-refractivity contribution in [3.8, 4) is 0 Å². The maximum Gasteiger partial charge on any atom is 0.229 e. The van der Waals surface area contributed by atoms with E-state index < -0.39 is 0 Å². The van der Waals surface area contributed by atoms with Crippen molar-refractivity contribution in [2.24, 2.45) is 17.8 Å². The lowest BCUT2D eigenvalue weighted by Gasteiger charge is -2.13. The lowest BCUT2D eigenvalue weighted by atomic mass is 10.2. The zero-order valence-corrected chi connectivity index (χ0v) is 14.2. The second-order valence-corrected chi connectivity index (χ2v) is 6.63. The molecule has 0 amide bonds. The molecule has 3 N–H and O–H groups in total. The van der Waals surface area contributed by atoms with E-state index in [0.29, 0.717) is 35.6 Å². The predicted molar refractivity (Wildman–Crippen MR) is 89.8 cm³/mol. The fourth-order valence-electron chi connectivity index (χ4n) is 1.50. The molecule has 0 fully saturated rings. The van der Waals surface area contributed by atoms with Crippen molar-refractivity contribution in [3.05, 3.63) is 0 Å². The Kier molecular flexibility index (Phi) is 7.19. The predicted octanol–water partition coefficient (Wildman–Crippen LogP) is 3.08. The molecule has 0 aliphatic heterocycles. The van der Waals surface area contributed by atoms with Crippen LogP contribution in [-0.4, -0.2) is 34.6 Å². The van der Waals surface area contributed by atoms with Gasteiger partial charge in [-0.05, 0) is 17.8 Å². The summed E-state index contributed by atoms with van der Waals surface area (Å²) in [6.45, 7) is 15.5. The average Bonchev–Trinajstić information content (AvgIpc) is 2.40. The Balaban J connectivity index is 2.79. The lowest BCUT2D eigenvalue weighted by molar-refractivity contribution is 0.674. The van der Waals surface area contributed by atoms with Crippen molar-refractivity contribution in [1.82, 2.24) is 15.0 Å². The molecule has 1 aromatic rings. The van der Waals surface area contributed by atoms with Gasteiger partial charge in [0.15, 0.2) is 0 Å². The van der Waals surface area contributed by atoms with Crippen LogP contribution < -0.4 is 16.0 Å². The van der Waals surface area contributed by atoms with Crippen LogP contribution in [0.1, 0.15) is 41.5 Å². The zero-order valence-electron chi connectivity index (χ0n) is 14.2. The monoisotopic (exact) mass is 294 g/mol. The van der Waals surface area contributed by atoms with Gasteiger partial charge in [0, 0.05) is 19.6 Å². The van der Waals surface area contributed by atoms with E-state index >= 15 is 0 Å². The Morgan fingerprint density at radius 1 is 0.571 bits per heavy atom. The minimum atomic E-state index is 0.543. The molecule has 120 valence electrons. The molecule has 1 rings (SSSR count). The molecule has 0 aliphatic carbocycles. The molecule has 0 aromatic carbocycles. The highest BCUT2D eigenvalue weighted by Gasteiger charge is 2.08. The van der Waals surface area contributed by atoms with Crippen molar-refractivity contribution >= 4 is 17.8 Å². The summed E-state index contributed by atoms with van der Waals surface area (Å²) in [6, 6.07) is 0. The molecule has 21 heavy (non-hydrogen) atoms. The molecule has 1 heterocycles. The first-order chi connectivity index (χ1) is 9.86. The Morgan fingerprint density at radius 3 is 1.00 bits per heavy atom. The van der Waals surface area contributed by atoms with E-state index in [9.17, 15) is 0 Å². The Bertz CT molecular complexity index is 342. The first-order valence-corrected chi connectivity index (χ1v) is 7.84. The number of hydrogen-bond acceptors (Lipinski definition) is 6. The SMILES string of the molecule is CC(C)CNc1nc(NCC(C)C)nc(NCC(C)C)n1. The van der Waals surface area contributed by atoms with Crippen molar-refractivity contribution in [1.29, 1.82) is 0 Å². The Hall–Kier alpha value is -1.59. The van der Waals surface area contributed by atoms with Crippen LogP contribution in [0.15, 0.2) is 0 Å². The van der Waals surface area contributed by atoms with Crippen LogP contribution in [0.3, 0.4) is 0 Å². The van der Waals surface area contributed by atoms with Gasteiger partial charge in [0.2, 0.25) is 17.8 Å². The first kappa shape index (κ1) is 17.5. The standard InChI is InChI=1S/C15H30N6/c1-10(2)7-16-13-19-14(17-8-11(3)4)21-15(20-13)18-9-12(5)6/h10-12H,7-9H2,1-6H3,(H3,16,17,18,19,20,21). The van der Waals surface area contributed by atoms with Crippen LogP contribution in [0.5, 0.6) is 0 Å². The van der Waals surface area contributed by atoms with Gasteiger partial charge in [0.1, 0.15) is 0 Å². The minimum absolute atomic E-state index is 0.543. The van der Waals surface area contributed by atoms with Gasteiger partial charge in [-0.1, -0.05) is 41.5 Å². The van der Waals surface area contributed by atoms with Crippen molar-refractivity contribution in [2.45, 2.75) is 41.5 Å². The number of anilines is 3. The number of hydrogen-bond donors (Lipinski definition) is 3. The molecule has 0 spiro atoms. The van der Waals surface area contributed by atoms with Gasteiger partial charge in [-0.25, -0.2) is 0 Å². The smallest absolute Gasteiger partial charge is 0.229 e. The van der Waals surface area contributed by atoms with E-state index in [1.165, 1.54) is 0 Å². The third kappa shape index (κ3) is 7.68. The van der Waals surface area contributed by atoms with Crippen molar-refractivity contribution < 1.29 is 0 Å². The highest BCUT2D eigenvalue weighted by Crippen LogP contribution is 2.11. The fraction of sp³-hybridized carbons (Fsp3) is 0.800. The van der Waals surface area contributed by atoms with E-state index in [0.717, 1.165) is 19.6 Å². The van der Waals surface area contributed by atoms with Crippen LogP contribution in [0.4, 0.5) is 17.8 Å². The van der Waals surface area contributed by atoms with E-state index in [4.69, 9.17) is 0 Å². The lowest BCUT2D eigenvalue weighted by Crippen LogP contribution is -2.18. The van der Waals surface area contributed by atoms with Gasteiger partial charge in [-0.15, -0.1) is 0 Å². The van der Waals surface area contributed by atoms with Crippen molar-refractivity contribution in [3.63, 3.8) is 0 Å². The summed E-state index contributed by atoms with van der Waals surface area (Å²) in [7, 11) is 0. The Morgan fingerprint density at radius 2 is 0.810 bits per heavy atom. The van der Waals surface area contributed by atoms with E-state index in [1.807, 2.05) is 0 Å². The summed E-state index contributed by atoms with van der Waals surface area (Å²) >= 11 is 0. The molecular weight excluding hydrogens is 264 g/mol. The molecule has 0 saturated carbocycles. The number of nitrogens with zero attached hydrogens (tertiary/aromatic N) is 3.